The molecule has 0 radical (unpaired) electrons. The number of nitrogens with two attached hydrogens (primary N) is 1. The molecule has 0 saturated heterocycles. The van der Waals surface area contributed by atoms with E-state index in [0.29, 0.717) is 5.92 Å². The normalized spacial score (nSPS) is 21.1. The van der Waals surface area contributed by atoms with Crippen LogP contribution in [0.25, 0.3) is 0 Å². The van der Waals surface area contributed by atoms with Gasteiger partial charge in [-0.2, -0.15) is 5.10 Å². The van der Waals surface area contributed by atoms with Crippen LogP contribution in [0.4, 0.5) is 5.69 Å². The van der Waals surface area contributed by atoms with Crippen LogP contribution in [0.1, 0.15) is 12.5 Å². The lowest BCUT2D eigenvalue weighted by atomic mass is 10.1. The first-order chi connectivity index (χ1) is 6.68. The second kappa shape index (κ2) is 3.33. The molecule has 14 heavy (non-hydrogen) atoms. The first-order valence-electron chi connectivity index (χ1n) is 4.85. The summed E-state index contributed by atoms with van der Waals surface area (Å²) in [4.78, 5) is 0. The molecule has 1 aliphatic rings. The Hall–Kier alpha value is -1.51. The van der Waals surface area contributed by atoms with E-state index >= 15 is 0 Å². The lowest BCUT2D eigenvalue weighted by molar-refractivity contribution is 0.771. The molecule has 1 aromatic carbocycles. The van der Waals surface area contributed by atoms with Crippen LogP contribution in [0.15, 0.2) is 29.4 Å². The third kappa shape index (κ3) is 1.45. The second-order valence-electron chi connectivity index (χ2n) is 3.79. The molecule has 1 unspecified atom stereocenters. The zero-order chi connectivity index (χ0) is 10.1. The van der Waals surface area contributed by atoms with Crippen molar-refractivity contribution in [1.82, 2.24) is 0 Å². The van der Waals surface area contributed by atoms with Crippen molar-refractivity contribution < 1.29 is 0 Å². The number of hydrogen-bond acceptors (Lipinski definition) is 3. The highest BCUT2D eigenvalue weighted by Crippen LogP contribution is 2.24. The minimum atomic E-state index is 0.356. The summed E-state index contributed by atoms with van der Waals surface area (Å²) in [6.07, 6.45) is 0. The average molecular weight is 189 g/mol. The van der Waals surface area contributed by atoms with Gasteiger partial charge in [-0.15, -0.1) is 0 Å². The highest BCUT2D eigenvalue weighted by atomic mass is 15.5. The van der Waals surface area contributed by atoms with Crippen LogP contribution >= 0.6 is 0 Å². The van der Waals surface area contributed by atoms with E-state index < -0.39 is 0 Å². The molecule has 0 bridgehead atoms. The van der Waals surface area contributed by atoms with Crippen LogP contribution in [0, 0.1) is 12.8 Å². The summed E-state index contributed by atoms with van der Waals surface area (Å²) >= 11 is 0. The van der Waals surface area contributed by atoms with Crippen LogP contribution in [0.3, 0.4) is 0 Å². The maximum absolute atomic E-state index is 5.76. The van der Waals surface area contributed by atoms with Gasteiger partial charge in [-0.3, -0.25) is 5.01 Å². The maximum atomic E-state index is 5.76. The number of anilines is 1. The molecule has 1 aromatic rings. The molecule has 1 heterocycles. The molecule has 1 atom stereocenters. The van der Waals surface area contributed by atoms with Crippen molar-refractivity contribution in [3.63, 3.8) is 0 Å². The number of hydrogen-bond donors (Lipinski definition) is 1. The highest BCUT2D eigenvalue weighted by Gasteiger charge is 2.21. The molecule has 2 rings (SSSR count). The molecule has 2 N–H and O–H groups in total. The van der Waals surface area contributed by atoms with Gasteiger partial charge in [0.2, 0.25) is 0 Å². The summed E-state index contributed by atoms with van der Waals surface area (Å²) in [6.45, 7) is 5.07. The monoisotopic (exact) mass is 189 g/mol. The Morgan fingerprint density at radius 3 is 2.71 bits per heavy atom. The molecule has 3 heteroatoms. The fourth-order valence-electron chi connectivity index (χ4n) is 1.64. The van der Waals surface area contributed by atoms with Gasteiger partial charge in [0.15, 0.2) is 0 Å². The molecule has 0 saturated carbocycles. The Morgan fingerprint density at radius 1 is 1.43 bits per heavy atom. The van der Waals surface area contributed by atoms with Gasteiger partial charge < -0.3 is 5.73 Å². The van der Waals surface area contributed by atoms with E-state index in [9.17, 15) is 0 Å². The summed E-state index contributed by atoms with van der Waals surface area (Å²) in [7, 11) is 0. The maximum Gasteiger partial charge on any atom is 0.124 e. The number of amidine groups is 1. The lowest BCUT2D eigenvalue weighted by Gasteiger charge is -2.16. The van der Waals surface area contributed by atoms with Crippen molar-refractivity contribution in [3.05, 3.63) is 29.8 Å². The van der Waals surface area contributed by atoms with Crippen LogP contribution in [0.2, 0.25) is 0 Å². The minimum absolute atomic E-state index is 0.356. The minimum Gasteiger partial charge on any atom is -0.385 e. The Kier molecular flexibility index (Phi) is 2.15. The van der Waals surface area contributed by atoms with Gasteiger partial charge in [-0.25, -0.2) is 0 Å². The van der Waals surface area contributed by atoms with Crippen molar-refractivity contribution in [2.75, 3.05) is 11.6 Å². The molecule has 0 fully saturated rings. The number of nitrogens with zero attached hydrogens (tertiary/aromatic N) is 2. The smallest absolute Gasteiger partial charge is 0.124 e. The van der Waals surface area contributed by atoms with E-state index in [4.69, 9.17) is 5.73 Å². The number of aryl methyl sites for hydroxylation is 1. The van der Waals surface area contributed by atoms with E-state index in [1.54, 1.807) is 0 Å². The van der Waals surface area contributed by atoms with Crippen LogP contribution in [-0.2, 0) is 0 Å². The van der Waals surface area contributed by atoms with Crippen molar-refractivity contribution in [2.45, 2.75) is 13.8 Å². The molecule has 0 aromatic heterocycles. The third-order valence-corrected chi connectivity index (χ3v) is 2.58. The van der Waals surface area contributed by atoms with Crippen LogP contribution in [-0.4, -0.2) is 12.4 Å². The largest absolute Gasteiger partial charge is 0.385 e. The quantitative estimate of drug-likeness (QED) is 0.731. The Balaban J connectivity index is 2.30. The standard InChI is InChI=1S/C11H15N3/c1-8-5-3-4-6-10(8)14-7-9(2)11(12)13-14/h3-6,9H,7H2,1-2H3,(H2,12,13). The Morgan fingerprint density at radius 2 is 2.14 bits per heavy atom. The molecular formula is C11H15N3. The summed E-state index contributed by atoms with van der Waals surface area (Å²) in [5.41, 5.74) is 8.15. The molecule has 74 valence electrons. The van der Waals surface area contributed by atoms with E-state index in [-0.39, 0.29) is 0 Å². The number of para-hydroxylation sites is 1. The molecule has 0 aliphatic carbocycles. The molecule has 0 spiro atoms. The first kappa shape index (κ1) is 9.06. The Bertz CT molecular complexity index is 371. The average Bonchev–Trinajstić information content (AvgIpc) is 2.48. The van der Waals surface area contributed by atoms with Crippen molar-refractivity contribution >= 4 is 11.5 Å². The highest BCUT2D eigenvalue weighted by molar-refractivity contribution is 5.86. The van der Waals surface area contributed by atoms with Crippen molar-refractivity contribution in [1.29, 1.82) is 0 Å². The number of hydrazone groups is 1. The van der Waals surface area contributed by atoms with Crippen molar-refractivity contribution in [3.8, 4) is 0 Å². The number of benzene rings is 1. The third-order valence-electron chi connectivity index (χ3n) is 2.58. The predicted molar refractivity (Wildman–Crippen MR) is 59.3 cm³/mol. The van der Waals surface area contributed by atoms with Gasteiger partial charge in [0, 0.05) is 5.92 Å². The van der Waals surface area contributed by atoms with Gasteiger partial charge >= 0.3 is 0 Å². The summed E-state index contributed by atoms with van der Waals surface area (Å²) in [6, 6.07) is 8.22. The summed E-state index contributed by atoms with van der Waals surface area (Å²) in [5.74, 6) is 1.09. The van der Waals surface area contributed by atoms with E-state index in [0.717, 1.165) is 18.1 Å². The molecule has 3 nitrogen and oxygen atoms in total. The van der Waals surface area contributed by atoms with Gasteiger partial charge in [0.1, 0.15) is 5.84 Å². The lowest BCUT2D eigenvalue weighted by Crippen LogP contribution is -2.20. The van der Waals surface area contributed by atoms with Gasteiger partial charge in [0.05, 0.1) is 12.2 Å². The zero-order valence-corrected chi connectivity index (χ0v) is 8.57. The topological polar surface area (TPSA) is 41.6 Å². The zero-order valence-electron chi connectivity index (χ0n) is 8.57. The van der Waals surface area contributed by atoms with Gasteiger partial charge in [-0.05, 0) is 18.6 Å². The van der Waals surface area contributed by atoms with Gasteiger partial charge in [0.25, 0.3) is 0 Å². The number of rotatable bonds is 1. The Labute approximate surface area is 84.2 Å². The fourth-order valence-corrected chi connectivity index (χ4v) is 1.64. The fraction of sp³-hybridized carbons (Fsp3) is 0.364. The summed E-state index contributed by atoms with van der Waals surface area (Å²) in [5, 5.41) is 6.31. The van der Waals surface area contributed by atoms with E-state index in [2.05, 4.69) is 31.1 Å². The first-order valence-corrected chi connectivity index (χ1v) is 4.85. The molecular weight excluding hydrogens is 174 g/mol. The van der Waals surface area contributed by atoms with Crippen LogP contribution < -0.4 is 10.7 Å². The molecule has 0 amide bonds. The molecule has 1 aliphatic heterocycles. The van der Waals surface area contributed by atoms with Gasteiger partial charge in [-0.1, -0.05) is 25.1 Å². The van der Waals surface area contributed by atoms with E-state index in [1.165, 1.54) is 5.56 Å². The predicted octanol–water partition coefficient (Wildman–Crippen LogP) is 1.72. The van der Waals surface area contributed by atoms with Crippen molar-refractivity contribution in [2.24, 2.45) is 16.8 Å². The van der Waals surface area contributed by atoms with E-state index in [1.807, 2.05) is 17.1 Å². The summed E-state index contributed by atoms with van der Waals surface area (Å²) < 4.78 is 0. The van der Waals surface area contributed by atoms with Crippen LogP contribution in [0.5, 0.6) is 0 Å². The SMILES string of the molecule is Cc1ccccc1N1CC(C)C(N)=N1. The second-order valence-corrected chi connectivity index (χ2v) is 3.79.